The van der Waals surface area contributed by atoms with Crippen molar-refractivity contribution in [2.24, 2.45) is 0 Å². The van der Waals surface area contributed by atoms with E-state index >= 15 is 0 Å². The quantitative estimate of drug-likeness (QED) is 0.842. The van der Waals surface area contributed by atoms with Gasteiger partial charge in [-0.15, -0.1) is 11.3 Å². The van der Waals surface area contributed by atoms with Crippen LogP contribution in [0.1, 0.15) is 10.6 Å². The SMILES string of the molecule is N#C/C(=C\c1[nH]cc2c1OCCO2)c1cccs1. The Morgan fingerprint density at radius 1 is 1.44 bits per heavy atom. The molecule has 1 aliphatic heterocycles. The Morgan fingerprint density at radius 3 is 3.11 bits per heavy atom. The highest BCUT2D eigenvalue weighted by molar-refractivity contribution is 7.11. The first kappa shape index (κ1) is 10.9. The zero-order valence-electron chi connectivity index (χ0n) is 9.47. The number of aromatic amines is 1. The number of ether oxygens (including phenoxy) is 2. The summed E-state index contributed by atoms with van der Waals surface area (Å²) in [6, 6.07) is 6.05. The lowest BCUT2D eigenvalue weighted by molar-refractivity contribution is 0.173. The van der Waals surface area contributed by atoms with Gasteiger partial charge in [0.05, 0.1) is 11.3 Å². The number of H-pyrrole nitrogens is 1. The number of allylic oxidation sites excluding steroid dienone is 1. The fraction of sp³-hybridized carbons (Fsp3) is 0.154. The second-order valence-electron chi connectivity index (χ2n) is 3.74. The van der Waals surface area contributed by atoms with Crippen molar-refractivity contribution in [2.45, 2.75) is 0 Å². The number of aromatic nitrogens is 1. The van der Waals surface area contributed by atoms with Crippen LogP contribution in [0.25, 0.3) is 11.6 Å². The lowest BCUT2D eigenvalue weighted by Gasteiger charge is -2.14. The van der Waals surface area contributed by atoms with Crippen molar-refractivity contribution >= 4 is 23.0 Å². The molecule has 0 fully saturated rings. The molecule has 90 valence electrons. The van der Waals surface area contributed by atoms with E-state index < -0.39 is 0 Å². The summed E-state index contributed by atoms with van der Waals surface area (Å²) < 4.78 is 11.0. The minimum Gasteiger partial charge on any atom is -0.485 e. The number of rotatable bonds is 2. The van der Waals surface area contributed by atoms with Crippen molar-refractivity contribution in [3.05, 3.63) is 34.3 Å². The predicted molar refractivity (Wildman–Crippen MR) is 69.6 cm³/mol. The van der Waals surface area contributed by atoms with E-state index in [9.17, 15) is 5.26 Å². The van der Waals surface area contributed by atoms with E-state index in [1.807, 2.05) is 17.5 Å². The van der Waals surface area contributed by atoms with Crippen molar-refractivity contribution in [3.63, 3.8) is 0 Å². The molecule has 0 amide bonds. The van der Waals surface area contributed by atoms with Crippen molar-refractivity contribution < 1.29 is 9.47 Å². The van der Waals surface area contributed by atoms with Gasteiger partial charge in [-0.25, -0.2) is 0 Å². The summed E-state index contributed by atoms with van der Waals surface area (Å²) in [5.41, 5.74) is 1.39. The minimum atomic E-state index is 0.534. The maximum absolute atomic E-state index is 9.20. The van der Waals surface area contributed by atoms with Crippen LogP contribution in [-0.4, -0.2) is 18.2 Å². The molecule has 1 aliphatic rings. The van der Waals surface area contributed by atoms with E-state index in [0.717, 1.165) is 10.6 Å². The molecule has 0 aromatic carbocycles. The average Bonchev–Trinajstić information content (AvgIpc) is 3.06. The second-order valence-corrected chi connectivity index (χ2v) is 4.69. The van der Waals surface area contributed by atoms with Crippen molar-refractivity contribution in [1.29, 1.82) is 5.26 Å². The Morgan fingerprint density at radius 2 is 2.33 bits per heavy atom. The van der Waals surface area contributed by atoms with E-state index in [0.29, 0.717) is 30.3 Å². The molecule has 2 aromatic rings. The number of fused-ring (bicyclic) bond motifs is 1. The molecule has 0 aliphatic carbocycles. The number of hydrogen-bond acceptors (Lipinski definition) is 4. The third kappa shape index (κ3) is 1.87. The highest BCUT2D eigenvalue weighted by Crippen LogP contribution is 2.36. The van der Waals surface area contributed by atoms with Crippen molar-refractivity contribution in [1.82, 2.24) is 4.98 Å². The molecule has 3 rings (SSSR count). The standard InChI is InChI=1S/C13H10N2O2S/c14-7-9(12-2-1-5-18-12)6-10-13-11(8-15-10)16-3-4-17-13/h1-2,5-6,8,15H,3-4H2/b9-6+. The lowest BCUT2D eigenvalue weighted by atomic mass is 10.2. The second kappa shape index (κ2) is 4.59. The summed E-state index contributed by atoms with van der Waals surface area (Å²) >= 11 is 1.54. The minimum absolute atomic E-state index is 0.534. The molecule has 4 nitrogen and oxygen atoms in total. The maximum Gasteiger partial charge on any atom is 0.186 e. The fourth-order valence-electron chi connectivity index (χ4n) is 1.80. The van der Waals surface area contributed by atoms with Gasteiger partial charge in [0.25, 0.3) is 0 Å². The molecule has 0 radical (unpaired) electrons. The van der Waals surface area contributed by atoms with Crippen LogP contribution in [0, 0.1) is 11.3 Å². The van der Waals surface area contributed by atoms with Gasteiger partial charge < -0.3 is 14.5 Å². The monoisotopic (exact) mass is 258 g/mol. The zero-order valence-corrected chi connectivity index (χ0v) is 10.3. The van der Waals surface area contributed by atoms with Crippen molar-refractivity contribution in [2.75, 3.05) is 13.2 Å². The Kier molecular flexibility index (Phi) is 2.79. The van der Waals surface area contributed by atoms with Crippen LogP contribution in [0.5, 0.6) is 11.5 Å². The molecule has 3 heterocycles. The topological polar surface area (TPSA) is 58.0 Å². The van der Waals surface area contributed by atoms with E-state index in [1.54, 1.807) is 12.3 Å². The number of hydrogen-bond donors (Lipinski definition) is 1. The Balaban J connectivity index is 2.01. The van der Waals surface area contributed by atoms with Crippen LogP contribution in [0.3, 0.4) is 0 Å². The third-order valence-corrected chi connectivity index (χ3v) is 3.51. The Hall–Kier alpha value is -2.19. The molecule has 0 saturated heterocycles. The smallest absolute Gasteiger partial charge is 0.186 e. The van der Waals surface area contributed by atoms with Gasteiger partial charge in [-0.05, 0) is 17.5 Å². The lowest BCUT2D eigenvalue weighted by Crippen LogP contribution is -2.14. The number of nitrogens with one attached hydrogen (secondary N) is 1. The fourth-order valence-corrected chi connectivity index (χ4v) is 2.49. The molecule has 2 aromatic heterocycles. The van der Waals surface area contributed by atoms with Gasteiger partial charge >= 0.3 is 0 Å². The molecular formula is C13H10N2O2S. The Labute approximate surface area is 108 Å². The van der Waals surface area contributed by atoms with Gasteiger partial charge in [-0.3, -0.25) is 0 Å². The van der Waals surface area contributed by atoms with Gasteiger partial charge in [-0.1, -0.05) is 6.07 Å². The Bertz CT molecular complexity index is 620. The summed E-state index contributed by atoms with van der Waals surface area (Å²) in [6.07, 6.45) is 3.54. The van der Waals surface area contributed by atoms with Gasteiger partial charge in [0, 0.05) is 11.1 Å². The van der Waals surface area contributed by atoms with E-state index in [2.05, 4.69) is 11.1 Å². The third-order valence-electron chi connectivity index (χ3n) is 2.61. The van der Waals surface area contributed by atoms with Crippen LogP contribution in [0.15, 0.2) is 23.7 Å². The van der Waals surface area contributed by atoms with Crippen LogP contribution < -0.4 is 9.47 Å². The average molecular weight is 258 g/mol. The molecule has 0 spiro atoms. The van der Waals surface area contributed by atoms with Gasteiger partial charge in [0.2, 0.25) is 0 Å². The van der Waals surface area contributed by atoms with Gasteiger partial charge in [0.15, 0.2) is 11.5 Å². The summed E-state index contributed by atoms with van der Waals surface area (Å²) in [6.45, 7) is 1.09. The van der Waals surface area contributed by atoms with Gasteiger partial charge in [-0.2, -0.15) is 5.26 Å². The van der Waals surface area contributed by atoms with Crippen molar-refractivity contribution in [3.8, 4) is 17.6 Å². The van der Waals surface area contributed by atoms with Gasteiger partial charge in [0.1, 0.15) is 19.3 Å². The van der Waals surface area contributed by atoms with Crippen LogP contribution in [-0.2, 0) is 0 Å². The molecule has 0 saturated carbocycles. The zero-order chi connectivity index (χ0) is 12.4. The summed E-state index contributed by atoms with van der Waals surface area (Å²) in [4.78, 5) is 4.01. The molecule has 5 heteroatoms. The van der Waals surface area contributed by atoms with Crippen LogP contribution in [0.4, 0.5) is 0 Å². The van der Waals surface area contributed by atoms with E-state index in [-0.39, 0.29) is 0 Å². The first-order valence-corrected chi connectivity index (χ1v) is 6.39. The molecule has 0 atom stereocenters. The number of nitrogens with zero attached hydrogens (tertiary/aromatic N) is 1. The van der Waals surface area contributed by atoms with E-state index in [4.69, 9.17) is 9.47 Å². The predicted octanol–water partition coefficient (Wildman–Crippen LogP) is 2.91. The highest BCUT2D eigenvalue weighted by atomic mass is 32.1. The molecular weight excluding hydrogens is 248 g/mol. The van der Waals surface area contributed by atoms with E-state index in [1.165, 1.54) is 11.3 Å². The summed E-state index contributed by atoms with van der Waals surface area (Å²) in [5, 5.41) is 11.2. The first-order valence-electron chi connectivity index (χ1n) is 5.51. The summed E-state index contributed by atoms with van der Waals surface area (Å²) in [7, 11) is 0. The molecule has 0 bridgehead atoms. The molecule has 1 N–H and O–H groups in total. The largest absolute Gasteiger partial charge is 0.485 e. The summed E-state index contributed by atoms with van der Waals surface area (Å²) in [5.74, 6) is 1.39. The molecule has 0 unspecified atom stereocenters. The number of nitriles is 1. The maximum atomic E-state index is 9.20. The first-order chi connectivity index (χ1) is 8.88. The number of thiophene rings is 1. The molecule has 18 heavy (non-hydrogen) atoms. The van der Waals surface area contributed by atoms with Crippen LogP contribution in [0.2, 0.25) is 0 Å². The normalized spacial score (nSPS) is 14.3. The highest BCUT2D eigenvalue weighted by Gasteiger charge is 2.17. The van der Waals surface area contributed by atoms with Crippen LogP contribution >= 0.6 is 11.3 Å².